The van der Waals surface area contributed by atoms with Crippen LogP contribution in [0.25, 0.3) is 26.5 Å². The first-order valence-corrected chi connectivity index (χ1v) is 13.7. The average molecular weight is 543 g/mol. The number of quaternary nitrogens is 1. The highest BCUT2D eigenvalue weighted by molar-refractivity contribution is 7.21. The quantitative estimate of drug-likeness (QED) is 0.297. The van der Waals surface area contributed by atoms with Crippen molar-refractivity contribution in [3.63, 3.8) is 0 Å². The Morgan fingerprint density at radius 3 is 2.92 bits per heavy atom. The molecule has 4 aromatic rings. The van der Waals surface area contributed by atoms with Crippen molar-refractivity contribution >= 4 is 38.9 Å². The van der Waals surface area contributed by atoms with Gasteiger partial charge in [-0.05, 0) is 60.0 Å². The fourth-order valence-corrected chi connectivity index (χ4v) is 6.00. The largest absolute Gasteiger partial charge is 0.321 e. The summed E-state index contributed by atoms with van der Waals surface area (Å²) in [7, 11) is 1.71. The SMILES string of the molecule is C[N+]1(O)C=CC=C(c2cccc(C(=O)Nc3ccccc3-c3nc4cc(CN5CC[C@@H](F)C5)cnc4s3)c2)C1. The molecule has 198 valence electrons. The smallest absolute Gasteiger partial charge is 0.255 e. The van der Waals surface area contributed by atoms with E-state index >= 15 is 0 Å². The van der Waals surface area contributed by atoms with Gasteiger partial charge in [-0.2, -0.15) is 4.65 Å². The molecule has 2 aromatic heterocycles. The predicted molar refractivity (Wildman–Crippen MR) is 152 cm³/mol. The normalized spacial score (nSPS) is 21.3. The maximum atomic E-state index is 13.6. The Balaban J connectivity index is 1.23. The standard InChI is InChI=1S/C30H28FN5O2S/c1-36(38)13-5-8-23(19-36)21-6-4-7-22(15-21)28(37)33-26-10-3-2-9-25(26)29-34-27-14-20(16-32-30(27)39-29)17-35-12-11-24(31)18-35/h2-10,13-16,24,38H,11-12,17-19H2,1H3/p+1/t24-,36?/m1/s1. The molecule has 2 aromatic carbocycles. The highest BCUT2D eigenvalue weighted by Crippen LogP contribution is 2.34. The topological polar surface area (TPSA) is 78.3 Å². The Bertz CT molecular complexity index is 1610. The summed E-state index contributed by atoms with van der Waals surface area (Å²) >= 11 is 1.47. The van der Waals surface area contributed by atoms with Crippen LogP contribution in [0.1, 0.15) is 27.9 Å². The summed E-state index contributed by atoms with van der Waals surface area (Å²) in [4.78, 5) is 25.7. The number of rotatable bonds is 6. The molecule has 7 nitrogen and oxygen atoms in total. The first kappa shape index (κ1) is 25.5. The number of nitrogens with zero attached hydrogens (tertiary/aromatic N) is 4. The third kappa shape index (κ3) is 5.67. The summed E-state index contributed by atoms with van der Waals surface area (Å²) < 4.78 is 13.3. The molecule has 0 spiro atoms. The summed E-state index contributed by atoms with van der Waals surface area (Å²) in [6, 6.07) is 17.0. The number of benzene rings is 2. The van der Waals surface area contributed by atoms with Crippen LogP contribution in [0.3, 0.4) is 0 Å². The minimum absolute atomic E-state index is 0.226. The van der Waals surface area contributed by atoms with Crippen LogP contribution in [0.4, 0.5) is 10.1 Å². The van der Waals surface area contributed by atoms with Crippen molar-refractivity contribution in [1.29, 1.82) is 0 Å². The molecule has 1 amide bonds. The van der Waals surface area contributed by atoms with Crippen molar-refractivity contribution < 1.29 is 19.0 Å². The number of hydrogen-bond donors (Lipinski definition) is 2. The highest BCUT2D eigenvalue weighted by Gasteiger charge is 2.23. The van der Waals surface area contributed by atoms with E-state index < -0.39 is 6.17 Å². The summed E-state index contributed by atoms with van der Waals surface area (Å²) in [5.41, 5.74) is 5.66. The minimum Gasteiger partial charge on any atom is -0.321 e. The number of carbonyl (C=O) groups excluding carboxylic acids is 1. The van der Waals surface area contributed by atoms with Crippen molar-refractivity contribution in [2.24, 2.45) is 0 Å². The zero-order valence-corrected chi connectivity index (χ0v) is 22.4. The predicted octanol–water partition coefficient (Wildman–Crippen LogP) is 5.90. The van der Waals surface area contributed by atoms with Crippen molar-refractivity contribution in [3.8, 4) is 10.6 Å². The molecule has 9 heteroatoms. The number of allylic oxidation sites excluding steroid dienone is 2. The van der Waals surface area contributed by atoms with E-state index in [4.69, 9.17) is 4.98 Å². The number of alkyl halides is 1. The molecule has 0 saturated carbocycles. The van der Waals surface area contributed by atoms with Gasteiger partial charge < -0.3 is 5.32 Å². The lowest BCUT2D eigenvalue weighted by molar-refractivity contribution is -1.04. The number of amides is 1. The van der Waals surface area contributed by atoms with Gasteiger partial charge in [0.1, 0.15) is 41.3 Å². The van der Waals surface area contributed by atoms with Gasteiger partial charge in [0.25, 0.3) is 5.91 Å². The van der Waals surface area contributed by atoms with Crippen LogP contribution in [0.15, 0.2) is 79.1 Å². The van der Waals surface area contributed by atoms with Gasteiger partial charge in [-0.1, -0.05) is 35.6 Å². The molecule has 0 radical (unpaired) electrons. The Morgan fingerprint density at radius 2 is 2.10 bits per heavy atom. The van der Waals surface area contributed by atoms with Crippen LogP contribution >= 0.6 is 11.3 Å². The number of aromatic nitrogens is 2. The van der Waals surface area contributed by atoms with Crippen molar-refractivity contribution in [3.05, 3.63) is 95.8 Å². The number of anilines is 1. The lowest BCUT2D eigenvalue weighted by Gasteiger charge is -2.24. The number of likely N-dealkylation sites (N-methyl/N-ethyl adjacent to an activating group) is 1. The molecule has 39 heavy (non-hydrogen) atoms. The molecule has 2 atom stereocenters. The van der Waals surface area contributed by atoms with Crippen LogP contribution in [0.2, 0.25) is 0 Å². The van der Waals surface area contributed by atoms with Gasteiger partial charge in [-0.25, -0.2) is 19.6 Å². The molecule has 4 heterocycles. The zero-order valence-electron chi connectivity index (χ0n) is 21.5. The van der Waals surface area contributed by atoms with E-state index in [-0.39, 0.29) is 10.6 Å². The third-order valence-electron chi connectivity index (χ3n) is 7.02. The Labute approximate surface area is 230 Å². The van der Waals surface area contributed by atoms with E-state index in [1.807, 2.05) is 66.9 Å². The number of nitrogens with one attached hydrogen (secondary N) is 1. The van der Waals surface area contributed by atoms with Crippen LogP contribution in [-0.2, 0) is 6.54 Å². The Morgan fingerprint density at radius 1 is 1.23 bits per heavy atom. The van der Waals surface area contributed by atoms with Gasteiger partial charge in [0.05, 0.1) is 5.69 Å². The molecule has 0 aliphatic carbocycles. The number of thiazole rings is 1. The molecular weight excluding hydrogens is 513 g/mol. The fraction of sp³-hybridized carbons (Fsp3) is 0.233. The summed E-state index contributed by atoms with van der Waals surface area (Å²) in [6.45, 7) is 2.30. The summed E-state index contributed by atoms with van der Waals surface area (Å²) in [6.07, 6.45) is 7.16. The van der Waals surface area contributed by atoms with Gasteiger partial charge in [0.2, 0.25) is 0 Å². The number of hydrogen-bond acceptors (Lipinski definition) is 6. The van der Waals surface area contributed by atoms with Crippen molar-refractivity contribution in [1.82, 2.24) is 14.9 Å². The summed E-state index contributed by atoms with van der Waals surface area (Å²) in [5, 5.41) is 14.2. The van der Waals surface area contributed by atoms with Gasteiger partial charge in [-0.15, -0.1) is 0 Å². The van der Waals surface area contributed by atoms with Gasteiger partial charge in [0.15, 0.2) is 0 Å². The maximum Gasteiger partial charge on any atom is 0.255 e. The van der Waals surface area contributed by atoms with Crippen LogP contribution in [-0.4, -0.2) is 63.5 Å². The van der Waals surface area contributed by atoms with E-state index in [9.17, 15) is 14.4 Å². The third-order valence-corrected chi connectivity index (χ3v) is 8.03. The molecular formula is C30H29FN5O2S+. The van der Waals surface area contributed by atoms with E-state index in [2.05, 4.69) is 15.2 Å². The first-order chi connectivity index (χ1) is 18.8. The molecule has 2 N–H and O–H groups in total. The van der Waals surface area contributed by atoms with Crippen LogP contribution < -0.4 is 5.32 Å². The average Bonchev–Trinajstić information content (AvgIpc) is 3.54. The van der Waals surface area contributed by atoms with E-state index in [0.29, 0.717) is 37.3 Å². The Hall–Kier alpha value is -3.76. The van der Waals surface area contributed by atoms with E-state index in [1.165, 1.54) is 11.3 Å². The molecule has 1 saturated heterocycles. The second-order valence-electron chi connectivity index (χ2n) is 10.3. The van der Waals surface area contributed by atoms with E-state index in [1.54, 1.807) is 19.3 Å². The number of likely N-dealkylation sites (tertiary alicyclic amines) is 1. The van der Waals surface area contributed by atoms with Gasteiger partial charge in [0, 0.05) is 42.5 Å². The highest BCUT2D eigenvalue weighted by atomic mass is 32.1. The fourth-order valence-electron chi connectivity index (χ4n) is 5.07. The second-order valence-corrected chi connectivity index (χ2v) is 11.3. The molecule has 1 fully saturated rings. The molecule has 6 rings (SSSR count). The number of halogens is 1. The molecule has 2 aliphatic heterocycles. The number of para-hydroxylation sites is 1. The van der Waals surface area contributed by atoms with Crippen LogP contribution in [0, 0.1) is 0 Å². The number of carbonyl (C=O) groups is 1. The van der Waals surface area contributed by atoms with Gasteiger partial charge in [-0.3, -0.25) is 9.69 Å². The monoisotopic (exact) mass is 542 g/mol. The molecule has 1 unspecified atom stereocenters. The van der Waals surface area contributed by atoms with E-state index in [0.717, 1.165) is 44.2 Å². The lowest BCUT2D eigenvalue weighted by Crippen LogP contribution is -2.36. The second kappa shape index (κ2) is 10.4. The van der Waals surface area contributed by atoms with Gasteiger partial charge >= 0.3 is 0 Å². The summed E-state index contributed by atoms with van der Waals surface area (Å²) in [5.74, 6) is -0.226. The number of hydroxylamine groups is 3. The first-order valence-electron chi connectivity index (χ1n) is 12.9. The molecule has 2 aliphatic rings. The molecule has 0 bridgehead atoms. The number of pyridine rings is 1. The number of fused-ring (bicyclic) bond motifs is 1. The minimum atomic E-state index is -0.751. The maximum absolute atomic E-state index is 13.6. The van der Waals surface area contributed by atoms with Crippen molar-refractivity contribution in [2.75, 3.05) is 32.0 Å². The van der Waals surface area contributed by atoms with Crippen LogP contribution in [0.5, 0.6) is 0 Å². The lowest BCUT2D eigenvalue weighted by atomic mass is 10.0. The zero-order chi connectivity index (χ0) is 27.0. The Kier molecular flexibility index (Phi) is 6.82. The van der Waals surface area contributed by atoms with Crippen molar-refractivity contribution in [2.45, 2.75) is 19.1 Å².